The number of halogens is 1. The first-order valence-corrected chi connectivity index (χ1v) is 6.24. The maximum absolute atomic E-state index is 13.4. The van der Waals surface area contributed by atoms with Crippen LogP contribution in [0.5, 0.6) is 0 Å². The summed E-state index contributed by atoms with van der Waals surface area (Å²) in [5, 5.41) is 3.82. The smallest absolute Gasteiger partial charge is 0.177 e. The van der Waals surface area contributed by atoms with Crippen LogP contribution in [0.4, 0.5) is 10.2 Å². The molecule has 3 aromatic rings. The van der Waals surface area contributed by atoms with Gasteiger partial charge in [0.2, 0.25) is 0 Å². The van der Waals surface area contributed by atoms with Crippen molar-refractivity contribution < 1.29 is 8.91 Å². The number of aryl methyl sites for hydroxylation is 1. The molecule has 3 rings (SSSR count). The highest BCUT2D eigenvalue weighted by Gasteiger charge is 2.19. The van der Waals surface area contributed by atoms with Crippen molar-refractivity contribution in [3.05, 3.63) is 59.9 Å². The van der Waals surface area contributed by atoms with Crippen molar-refractivity contribution in [2.24, 2.45) is 0 Å². The average Bonchev–Trinajstić information content (AvgIpc) is 2.81. The van der Waals surface area contributed by atoms with Crippen LogP contribution in [-0.4, -0.2) is 5.16 Å². The Kier molecular flexibility index (Phi) is 2.99. The van der Waals surface area contributed by atoms with Gasteiger partial charge in [-0.1, -0.05) is 41.6 Å². The highest BCUT2D eigenvalue weighted by molar-refractivity contribution is 5.87. The lowest BCUT2D eigenvalue weighted by Crippen LogP contribution is -1.91. The Bertz CT molecular complexity index is 765. The Hall–Kier alpha value is -2.62. The van der Waals surface area contributed by atoms with Crippen LogP contribution in [0.3, 0.4) is 0 Å². The van der Waals surface area contributed by atoms with Crippen LogP contribution in [0.2, 0.25) is 0 Å². The first-order valence-electron chi connectivity index (χ1n) is 6.24. The molecule has 2 aromatic carbocycles. The van der Waals surface area contributed by atoms with Gasteiger partial charge in [0.1, 0.15) is 5.82 Å². The Balaban J connectivity index is 2.23. The summed E-state index contributed by atoms with van der Waals surface area (Å²) < 4.78 is 18.7. The second-order valence-corrected chi connectivity index (χ2v) is 4.60. The lowest BCUT2D eigenvalue weighted by Gasteiger charge is -2.06. The Morgan fingerprint density at radius 3 is 2.65 bits per heavy atom. The van der Waals surface area contributed by atoms with Gasteiger partial charge < -0.3 is 10.3 Å². The van der Waals surface area contributed by atoms with Crippen LogP contribution < -0.4 is 5.73 Å². The number of nitrogens with zero attached hydrogens (tertiary/aromatic N) is 1. The van der Waals surface area contributed by atoms with E-state index in [4.69, 9.17) is 10.3 Å². The van der Waals surface area contributed by atoms with Crippen LogP contribution in [0.15, 0.2) is 53.1 Å². The summed E-state index contributed by atoms with van der Waals surface area (Å²) in [7, 11) is 0. The topological polar surface area (TPSA) is 52.0 Å². The lowest BCUT2D eigenvalue weighted by molar-refractivity contribution is 0.436. The van der Waals surface area contributed by atoms with Crippen molar-refractivity contribution >= 4 is 5.82 Å². The van der Waals surface area contributed by atoms with Gasteiger partial charge in [-0.05, 0) is 30.2 Å². The predicted octanol–water partition coefficient (Wildman–Crippen LogP) is 4.04. The zero-order valence-corrected chi connectivity index (χ0v) is 10.9. The molecule has 0 aliphatic heterocycles. The number of benzene rings is 2. The Morgan fingerprint density at radius 2 is 1.90 bits per heavy atom. The molecule has 1 heterocycles. The second kappa shape index (κ2) is 4.81. The normalized spacial score (nSPS) is 10.7. The quantitative estimate of drug-likeness (QED) is 0.763. The highest BCUT2D eigenvalue weighted by atomic mass is 19.1. The molecular formula is C16H13FN2O. The molecule has 0 unspecified atom stereocenters. The van der Waals surface area contributed by atoms with Gasteiger partial charge in [0, 0.05) is 5.56 Å². The second-order valence-electron chi connectivity index (χ2n) is 4.60. The Labute approximate surface area is 115 Å². The summed E-state index contributed by atoms with van der Waals surface area (Å²) in [6.07, 6.45) is 0. The van der Waals surface area contributed by atoms with Gasteiger partial charge in [-0.3, -0.25) is 0 Å². The third-order valence-electron chi connectivity index (χ3n) is 3.22. The standard InChI is InChI=1S/C16H13FN2O/c1-10-5-2-3-8-13(10)14-15(20-19-16(14)18)11-6-4-7-12(17)9-11/h2-9H,1H3,(H2,18,19). The average molecular weight is 268 g/mol. The minimum atomic E-state index is -0.326. The molecule has 0 spiro atoms. The summed E-state index contributed by atoms with van der Waals surface area (Å²) in [4.78, 5) is 0. The van der Waals surface area contributed by atoms with Crippen molar-refractivity contribution in [1.29, 1.82) is 0 Å². The monoisotopic (exact) mass is 268 g/mol. The van der Waals surface area contributed by atoms with E-state index in [9.17, 15) is 4.39 Å². The number of hydrogen-bond acceptors (Lipinski definition) is 3. The first-order chi connectivity index (χ1) is 9.66. The van der Waals surface area contributed by atoms with Gasteiger partial charge in [0.05, 0.1) is 5.56 Å². The van der Waals surface area contributed by atoms with E-state index in [1.165, 1.54) is 12.1 Å². The first kappa shape index (κ1) is 12.4. The van der Waals surface area contributed by atoms with E-state index in [1.54, 1.807) is 12.1 Å². The number of anilines is 1. The number of nitrogens with two attached hydrogens (primary N) is 1. The van der Waals surface area contributed by atoms with Crippen LogP contribution in [-0.2, 0) is 0 Å². The molecule has 0 aliphatic carbocycles. The van der Waals surface area contributed by atoms with Crippen molar-refractivity contribution in [2.75, 3.05) is 5.73 Å². The molecular weight excluding hydrogens is 255 g/mol. The van der Waals surface area contributed by atoms with E-state index in [1.807, 2.05) is 31.2 Å². The minimum absolute atomic E-state index is 0.304. The fraction of sp³-hybridized carbons (Fsp3) is 0.0625. The summed E-state index contributed by atoms with van der Waals surface area (Å²) in [5.41, 5.74) is 9.23. The van der Waals surface area contributed by atoms with Crippen LogP contribution >= 0.6 is 0 Å². The zero-order valence-electron chi connectivity index (χ0n) is 10.9. The lowest BCUT2D eigenvalue weighted by atomic mass is 9.98. The SMILES string of the molecule is Cc1ccccc1-c1c(N)noc1-c1cccc(F)c1. The van der Waals surface area contributed by atoms with Gasteiger partial charge in [0.25, 0.3) is 0 Å². The zero-order chi connectivity index (χ0) is 14.1. The molecule has 0 saturated carbocycles. The van der Waals surface area contributed by atoms with Gasteiger partial charge >= 0.3 is 0 Å². The van der Waals surface area contributed by atoms with Gasteiger partial charge in [-0.15, -0.1) is 0 Å². The molecule has 1 aromatic heterocycles. The molecule has 0 fully saturated rings. The van der Waals surface area contributed by atoms with Crippen molar-refractivity contribution in [2.45, 2.75) is 6.92 Å². The van der Waals surface area contributed by atoms with Gasteiger partial charge in [-0.2, -0.15) is 0 Å². The van der Waals surface area contributed by atoms with Crippen LogP contribution in [0.1, 0.15) is 5.56 Å². The maximum atomic E-state index is 13.4. The fourth-order valence-corrected chi connectivity index (χ4v) is 2.24. The summed E-state index contributed by atoms with van der Waals surface area (Å²) in [5.74, 6) is 0.461. The summed E-state index contributed by atoms with van der Waals surface area (Å²) in [6, 6.07) is 14.0. The predicted molar refractivity (Wildman–Crippen MR) is 76.5 cm³/mol. The van der Waals surface area contributed by atoms with E-state index in [0.717, 1.165) is 11.1 Å². The molecule has 2 N–H and O–H groups in total. The number of rotatable bonds is 2. The molecule has 20 heavy (non-hydrogen) atoms. The summed E-state index contributed by atoms with van der Waals surface area (Å²) >= 11 is 0. The molecule has 0 amide bonds. The van der Waals surface area contributed by atoms with E-state index < -0.39 is 0 Å². The number of aromatic nitrogens is 1. The highest BCUT2D eigenvalue weighted by Crippen LogP contribution is 2.37. The van der Waals surface area contributed by atoms with Crippen LogP contribution in [0, 0.1) is 12.7 Å². The van der Waals surface area contributed by atoms with Gasteiger partial charge in [0.15, 0.2) is 11.6 Å². The molecule has 0 atom stereocenters. The van der Waals surface area contributed by atoms with Crippen molar-refractivity contribution in [1.82, 2.24) is 5.16 Å². The molecule has 0 bridgehead atoms. The largest absolute Gasteiger partial charge is 0.380 e. The third-order valence-corrected chi connectivity index (χ3v) is 3.22. The fourth-order valence-electron chi connectivity index (χ4n) is 2.24. The molecule has 3 nitrogen and oxygen atoms in total. The van der Waals surface area contributed by atoms with E-state index in [0.29, 0.717) is 22.7 Å². The molecule has 100 valence electrons. The maximum Gasteiger partial charge on any atom is 0.177 e. The van der Waals surface area contributed by atoms with Crippen molar-refractivity contribution in [3.8, 4) is 22.5 Å². The molecule has 0 saturated heterocycles. The summed E-state index contributed by atoms with van der Waals surface area (Å²) in [6.45, 7) is 1.98. The number of hydrogen-bond donors (Lipinski definition) is 1. The van der Waals surface area contributed by atoms with E-state index >= 15 is 0 Å². The van der Waals surface area contributed by atoms with E-state index in [2.05, 4.69) is 5.16 Å². The number of nitrogen functional groups attached to an aromatic ring is 1. The molecule has 4 heteroatoms. The third kappa shape index (κ3) is 2.05. The molecule has 0 aliphatic rings. The van der Waals surface area contributed by atoms with Crippen molar-refractivity contribution in [3.63, 3.8) is 0 Å². The van der Waals surface area contributed by atoms with E-state index in [-0.39, 0.29) is 5.82 Å². The molecule has 0 radical (unpaired) electrons. The minimum Gasteiger partial charge on any atom is -0.380 e. The van der Waals surface area contributed by atoms with Crippen LogP contribution in [0.25, 0.3) is 22.5 Å². The Morgan fingerprint density at radius 1 is 1.10 bits per heavy atom. The van der Waals surface area contributed by atoms with Gasteiger partial charge in [-0.25, -0.2) is 4.39 Å².